The van der Waals surface area contributed by atoms with E-state index in [2.05, 4.69) is 26.4 Å². The van der Waals surface area contributed by atoms with Crippen molar-refractivity contribution in [3.8, 4) is 0 Å². The number of halogens is 1. The first-order valence-corrected chi connectivity index (χ1v) is 5.82. The molecule has 14 heavy (non-hydrogen) atoms. The average Bonchev–Trinajstić information content (AvgIpc) is 2.73. The molecular weight excluding hydrogens is 262 g/mol. The molecule has 0 radical (unpaired) electrons. The van der Waals surface area contributed by atoms with Crippen molar-refractivity contribution in [1.29, 1.82) is 0 Å². The number of thiophene rings is 1. The lowest BCUT2D eigenvalue weighted by atomic mass is 10.1. The molecule has 5 heteroatoms. The van der Waals surface area contributed by atoms with Gasteiger partial charge in [0.05, 0.1) is 16.0 Å². The lowest BCUT2D eigenvalue weighted by molar-refractivity contribution is 0.765. The second-order valence-electron chi connectivity index (χ2n) is 3.11. The van der Waals surface area contributed by atoms with Gasteiger partial charge in [-0.1, -0.05) is 0 Å². The second-order valence-corrected chi connectivity index (χ2v) is 5.40. The van der Waals surface area contributed by atoms with Gasteiger partial charge in [-0.3, -0.25) is 4.68 Å². The van der Waals surface area contributed by atoms with Crippen molar-refractivity contribution < 1.29 is 0 Å². The van der Waals surface area contributed by atoms with E-state index in [-0.39, 0.29) is 6.04 Å². The summed E-state index contributed by atoms with van der Waals surface area (Å²) >= 11 is 5.06. The third-order valence-electron chi connectivity index (χ3n) is 2.03. The van der Waals surface area contributed by atoms with Crippen molar-refractivity contribution in [2.24, 2.45) is 12.8 Å². The molecule has 0 spiro atoms. The molecule has 1 unspecified atom stereocenters. The molecule has 0 saturated carbocycles. The number of nitrogens with two attached hydrogens (primary N) is 1. The molecule has 2 aromatic heterocycles. The van der Waals surface area contributed by atoms with Crippen LogP contribution in [0, 0.1) is 0 Å². The minimum Gasteiger partial charge on any atom is -0.320 e. The molecule has 0 amide bonds. The van der Waals surface area contributed by atoms with E-state index in [1.165, 1.54) is 0 Å². The van der Waals surface area contributed by atoms with Gasteiger partial charge in [0.15, 0.2) is 0 Å². The summed E-state index contributed by atoms with van der Waals surface area (Å²) in [6, 6.07) is 1.97. The summed E-state index contributed by atoms with van der Waals surface area (Å²) in [7, 11) is 1.89. The first-order chi connectivity index (χ1) is 6.66. The molecule has 0 aliphatic rings. The van der Waals surface area contributed by atoms with Crippen molar-refractivity contribution >= 4 is 27.3 Å². The van der Waals surface area contributed by atoms with Gasteiger partial charge in [0.25, 0.3) is 0 Å². The van der Waals surface area contributed by atoms with E-state index >= 15 is 0 Å². The van der Waals surface area contributed by atoms with E-state index < -0.39 is 0 Å². The Morgan fingerprint density at radius 1 is 1.57 bits per heavy atom. The van der Waals surface area contributed by atoms with Crippen molar-refractivity contribution in [2.75, 3.05) is 0 Å². The molecule has 0 fully saturated rings. The lowest BCUT2D eigenvalue weighted by Gasteiger charge is -2.05. The minimum absolute atomic E-state index is 0.0775. The fourth-order valence-electron chi connectivity index (χ4n) is 1.28. The van der Waals surface area contributed by atoms with Gasteiger partial charge >= 0.3 is 0 Å². The van der Waals surface area contributed by atoms with Gasteiger partial charge in [-0.2, -0.15) is 5.10 Å². The molecule has 1 atom stereocenters. The third-order valence-corrected chi connectivity index (χ3v) is 3.55. The predicted octanol–water partition coefficient (Wildman–Crippen LogP) is 2.29. The SMILES string of the molecule is Cn1cc(C(N)c2csc(Br)c2)cn1. The molecule has 2 rings (SSSR count). The van der Waals surface area contributed by atoms with Crippen LogP contribution in [-0.2, 0) is 7.05 Å². The topological polar surface area (TPSA) is 43.8 Å². The maximum Gasteiger partial charge on any atom is 0.0701 e. The van der Waals surface area contributed by atoms with E-state index in [4.69, 9.17) is 5.73 Å². The zero-order valence-electron chi connectivity index (χ0n) is 7.64. The summed E-state index contributed by atoms with van der Waals surface area (Å²) in [5, 5.41) is 6.16. The van der Waals surface area contributed by atoms with Crippen LogP contribution >= 0.6 is 27.3 Å². The highest BCUT2D eigenvalue weighted by Gasteiger charge is 2.11. The highest BCUT2D eigenvalue weighted by atomic mass is 79.9. The molecule has 2 heterocycles. The quantitative estimate of drug-likeness (QED) is 0.911. The van der Waals surface area contributed by atoms with Gasteiger partial charge in [0, 0.05) is 18.8 Å². The summed E-state index contributed by atoms with van der Waals surface area (Å²) in [6.07, 6.45) is 3.74. The maximum atomic E-state index is 6.08. The first kappa shape index (κ1) is 9.89. The number of aryl methyl sites for hydroxylation is 1. The molecule has 0 saturated heterocycles. The number of aromatic nitrogens is 2. The Morgan fingerprint density at radius 3 is 2.86 bits per heavy atom. The fourth-order valence-corrected chi connectivity index (χ4v) is 2.49. The highest BCUT2D eigenvalue weighted by Crippen LogP contribution is 2.27. The molecule has 0 aliphatic heterocycles. The van der Waals surface area contributed by atoms with Crippen LogP contribution in [0.3, 0.4) is 0 Å². The predicted molar refractivity (Wildman–Crippen MR) is 61.3 cm³/mol. The van der Waals surface area contributed by atoms with Crippen molar-refractivity contribution in [3.05, 3.63) is 38.8 Å². The summed E-state index contributed by atoms with van der Waals surface area (Å²) < 4.78 is 2.86. The molecular formula is C9H10BrN3S. The van der Waals surface area contributed by atoms with Crippen LogP contribution < -0.4 is 5.73 Å². The van der Waals surface area contributed by atoms with Crippen LogP contribution in [0.15, 0.2) is 27.6 Å². The second kappa shape index (κ2) is 3.84. The summed E-state index contributed by atoms with van der Waals surface area (Å²) in [5.74, 6) is 0. The fraction of sp³-hybridized carbons (Fsp3) is 0.222. The van der Waals surface area contributed by atoms with Crippen molar-refractivity contribution in [3.63, 3.8) is 0 Å². The van der Waals surface area contributed by atoms with Crippen molar-refractivity contribution in [2.45, 2.75) is 6.04 Å². The molecule has 74 valence electrons. The molecule has 0 aliphatic carbocycles. The summed E-state index contributed by atoms with van der Waals surface area (Å²) in [5.41, 5.74) is 8.24. The number of rotatable bonds is 2. The normalized spacial score (nSPS) is 13.1. The first-order valence-electron chi connectivity index (χ1n) is 4.15. The molecule has 2 aromatic rings. The standard InChI is InChI=1S/C9H10BrN3S/c1-13-4-7(3-12-13)9(11)6-2-8(10)14-5-6/h2-5,9H,11H2,1H3. The van der Waals surface area contributed by atoms with Crippen LogP contribution in [0.4, 0.5) is 0 Å². The Kier molecular flexibility index (Phi) is 2.71. The molecule has 0 bridgehead atoms. The Morgan fingerprint density at radius 2 is 2.36 bits per heavy atom. The van der Waals surface area contributed by atoms with Crippen LogP contribution in [0.5, 0.6) is 0 Å². The summed E-state index contributed by atoms with van der Waals surface area (Å²) in [6.45, 7) is 0. The van der Waals surface area contributed by atoms with Crippen LogP contribution in [0.2, 0.25) is 0 Å². The number of hydrogen-bond donors (Lipinski definition) is 1. The smallest absolute Gasteiger partial charge is 0.0701 e. The van der Waals surface area contributed by atoms with Gasteiger partial charge in [-0.05, 0) is 32.9 Å². The van der Waals surface area contributed by atoms with Gasteiger partial charge < -0.3 is 5.73 Å². The average molecular weight is 272 g/mol. The van der Waals surface area contributed by atoms with E-state index in [1.54, 1.807) is 22.2 Å². The third kappa shape index (κ3) is 1.89. The maximum absolute atomic E-state index is 6.08. The minimum atomic E-state index is -0.0775. The molecule has 0 aromatic carbocycles. The zero-order valence-corrected chi connectivity index (χ0v) is 10.0. The Hall–Kier alpha value is -0.650. The Bertz CT molecular complexity index is 394. The van der Waals surface area contributed by atoms with Crippen LogP contribution in [0.1, 0.15) is 17.2 Å². The number of hydrogen-bond acceptors (Lipinski definition) is 3. The zero-order chi connectivity index (χ0) is 10.1. The molecule has 2 N–H and O–H groups in total. The van der Waals surface area contributed by atoms with E-state index in [0.29, 0.717) is 0 Å². The van der Waals surface area contributed by atoms with Crippen LogP contribution in [-0.4, -0.2) is 9.78 Å². The summed E-state index contributed by atoms with van der Waals surface area (Å²) in [4.78, 5) is 0. The lowest BCUT2D eigenvalue weighted by Crippen LogP contribution is -2.09. The largest absolute Gasteiger partial charge is 0.320 e. The van der Waals surface area contributed by atoms with Gasteiger partial charge in [0.1, 0.15) is 0 Å². The Balaban J connectivity index is 2.28. The van der Waals surface area contributed by atoms with Crippen molar-refractivity contribution in [1.82, 2.24) is 9.78 Å². The van der Waals surface area contributed by atoms with Crippen LogP contribution in [0.25, 0.3) is 0 Å². The molecule has 3 nitrogen and oxygen atoms in total. The van der Waals surface area contributed by atoms with Gasteiger partial charge in [-0.25, -0.2) is 0 Å². The van der Waals surface area contributed by atoms with E-state index in [1.807, 2.05) is 19.3 Å². The highest BCUT2D eigenvalue weighted by molar-refractivity contribution is 9.11. The Labute approximate surface area is 94.7 Å². The van der Waals surface area contributed by atoms with E-state index in [9.17, 15) is 0 Å². The van der Waals surface area contributed by atoms with Gasteiger partial charge in [-0.15, -0.1) is 11.3 Å². The monoisotopic (exact) mass is 271 g/mol. The number of nitrogens with zero attached hydrogens (tertiary/aromatic N) is 2. The van der Waals surface area contributed by atoms with E-state index in [0.717, 1.165) is 14.9 Å². The van der Waals surface area contributed by atoms with Gasteiger partial charge in [0.2, 0.25) is 0 Å².